The summed E-state index contributed by atoms with van der Waals surface area (Å²) in [6.07, 6.45) is 0.176. The van der Waals surface area contributed by atoms with Crippen LogP contribution in [0.15, 0.2) is 30.5 Å². The van der Waals surface area contributed by atoms with Crippen LogP contribution in [0, 0.1) is 10.1 Å². The summed E-state index contributed by atoms with van der Waals surface area (Å²) in [7, 11) is 0. The second-order valence-electron chi connectivity index (χ2n) is 3.01. The van der Waals surface area contributed by atoms with Crippen molar-refractivity contribution in [3.63, 3.8) is 0 Å². The van der Waals surface area contributed by atoms with E-state index < -0.39 is 11.1 Å². The maximum atomic E-state index is 11.2. The normalized spacial score (nSPS) is 9.78. The van der Waals surface area contributed by atoms with Gasteiger partial charge in [-0.1, -0.05) is 0 Å². The summed E-state index contributed by atoms with van der Waals surface area (Å²) in [6.45, 7) is 0. The average Bonchev–Trinajstić information content (AvgIpc) is 2.82. The van der Waals surface area contributed by atoms with Gasteiger partial charge in [0.05, 0.1) is 4.92 Å². The zero-order valence-electron chi connectivity index (χ0n) is 8.77. The Morgan fingerprint density at radius 2 is 2.00 bits per heavy atom. The Morgan fingerprint density at radius 1 is 1.28 bits per heavy atom. The van der Waals surface area contributed by atoms with E-state index in [0.29, 0.717) is 0 Å². The van der Waals surface area contributed by atoms with Crippen LogP contribution in [-0.4, -0.2) is 26.5 Å². The second kappa shape index (κ2) is 4.91. The third kappa shape index (κ3) is 2.78. The molecule has 9 heteroatoms. The molecule has 1 heterocycles. The zero-order valence-corrected chi connectivity index (χ0v) is 8.77. The van der Waals surface area contributed by atoms with Crippen LogP contribution in [-0.2, 0) is 0 Å². The lowest BCUT2D eigenvalue weighted by Crippen LogP contribution is -2.13. The highest BCUT2D eigenvalue weighted by Crippen LogP contribution is 2.17. The minimum absolute atomic E-state index is 0.0399. The fourth-order valence-electron chi connectivity index (χ4n) is 1.08. The Bertz CT molecular complexity index is 551. The Labute approximate surface area is 99.5 Å². The summed E-state index contributed by atoms with van der Waals surface area (Å²) in [5, 5.41) is 19.6. The van der Waals surface area contributed by atoms with Gasteiger partial charge in [0.2, 0.25) is 0 Å². The third-order valence-corrected chi connectivity index (χ3v) is 1.83. The van der Waals surface area contributed by atoms with Gasteiger partial charge in [0.1, 0.15) is 11.9 Å². The molecule has 2 aromatic rings. The molecule has 1 N–H and O–H groups in total. The number of nitrogens with zero attached hydrogens (tertiary/aromatic N) is 3. The van der Waals surface area contributed by atoms with Crippen molar-refractivity contribution >= 4 is 11.8 Å². The summed E-state index contributed by atoms with van der Waals surface area (Å²) in [4.78, 5) is 21.1. The van der Waals surface area contributed by atoms with Crippen LogP contribution in [0.3, 0.4) is 0 Å². The molecule has 0 spiro atoms. The number of nitro benzene ring substituents is 1. The first kappa shape index (κ1) is 11.5. The number of carbonyl (C=O) groups excluding carboxylic acids is 1. The smallest absolute Gasteiger partial charge is 0.395 e. The van der Waals surface area contributed by atoms with E-state index in [2.05, 4.69) is 20.1 Å². The number of aromatic nitrogens is 3. The molecule has 0 unspecified atom stereocenters. The number of nitro groups is 1. The first-order valence-corrected chi connectivity index (χ1v) is 4.65. The van der Waals surface area contributed by atoms with Gasteiger partial charge in [-0.15, -0.1) is 5.10 Å². The van der Waals surface area contributed by atoms with Gasteiger partial charge in [-0.2, -0.15) is 10.3 Å². The second-order valence-corrected chi connectivity index (χ2v) is 3.01. The zero-order chi connectivity index (χ0) is 13.0. The molecule has 0 saturated heterocycles. The van der Waals surface area contributed by atoms with Crippen molar-refractivity contribution < 1.29 is 19.2 Å². The maximum Gasteiger partial charge on any atom is 0.520 e. The van der Waals surface area contributed by atoms with Gasteiger partial charge in [0, 0.05) is 12.1 Å². The lowest BCUT2D eigenvalue weighted by Gasteiger charge is -2.02. The first-order valence-electron chi connectivity index (χ1n) is 4.65. The number of ether oxygens (including phenoxy) is 2. The molecule has 18 heavy (non-hydrogen) atoms. The molecule has 0 aliphatic heterocycles. The van der Waals surface area contributed by atoms with Crippen molar-refractivity contribution in [1.29, 1.82) is 0 Å². The van der Waals surface area contributed by atoms with E-state index in [1.54, 1.807) is 0 Å². The molecule has 1 aromatic carbocycles. The van der Waals surface area contributed by atoms with E-state index in [-0.39, 0.29) is 17.3 Å². The molecule has 0 atom stereocenters. The van der Waals surface area contributed by atoms with Gasteiger partial charge in [0.25, 0.3) is 11.6 Å². The lowest BCUT2D eigenvalue weighted by atomic mass is 10.3. The predicted molar refractivity (Wildman–Crippen MR) is 56.1 cm³/mol. The number of H-pyrrole nitrogens is 1. The van der Waals surface area contributed by atoms with Gasteiger partial charge >= 0.3 is 6.16 Å². The van der Waals surface area contributed by atoms with Crippen LogP contribution >= 0.6 is 0 Å². The standard InChI is InChI=1S/C9H6N4O5/c14-9(18-8-5-10-12-11-8)17-7-3-1-6(2-4-7)13(15)16/h1-5H,(H,10,11,12). The first-order chi connectivity index (χ1) is 8.65. The Morgan fingerprint density at radius 3 is 2.56 bits per heavy atom. The predicted octanol–water partition coefficient (Wildman–Crippen LogP) is 1.29. The summed E-state index contributed by atoms with van der Waals surface area (Å²) >= 11 is 0. The Hall–Kier alpha value is -2.97. The molecule has 0 fully saturated rings. The highest BCUT2D eigenvalue weighted by Gasteiger charge is 2.11. The molecule has 1 aromatic heterocycles. The fraction of sp³-hybridized carbons (Fsp3) is 0. The third-order valence-electron chi connectivity index (χ3n) is 1.83. The number of benzene rings is 1. The molecule has 92 valence electrons. The van der Waals surface area contributed by atoms with E-state index in [4.69, 9.17) is 4.74 Å². The van der Waals surface area contributed by atoms with Crippen LogP contribution in [0.5, 0.6) is 11.6 Å². The van der Waals surface area contributed by atoms with Crippen molar-refractivity contribution in [3.05, 3.63) is 40.6 Å². The molecule has 9 nitrogen and oxygen atoms in total. The summed E-state index contributed by atoms with van der Waals surface area (Å²) in [5.74, 6) is 0.0796. The largest absolute Gasteiger partial charge is 0.520 e. The number of nitrogens with one attached hydrogen (secondary N) is 1. The van der Waals surface area contributed by atoms with Gasteiger partial charge in [-0.3, -0.25) is 10.1 Å². The van der Waals surface area contributed by atoms with E-state index in [9.17, 15) is 14.9 Å². The fourth-order valence-corrected chi connectivity index (χ4v) is 1.08. The van der Waals surface area contributed by atoms with Crippen LogP contribution in [0.2, 0.25) is 0 Å². The van der Waals surface area contributed by atoms with Gasteiger partial charge < -0.3 is 9.47 Å². The molecule has 0 saturated carbocycles. The van der Waals surface area contributed by atoms with Crippen molar-refractivity contribution in [2.45, 2.75) is 0 Å². The monoisotopic (exact) mass is 250 g/mol. The molecular weight excluding hydrogens is 244 g/mol. The number of carbonyl (C=O) groups is 1. The Kier molecular flexibility index (Phi) is 3.14. The van der Waals surface area contributed by atoms with Gasteiger partial charge in [0.15, 0.2) is 0 Å². The highest BCUT2D eigenvalue weighted by molar-refractivity contribution is 5.66. The molecule has 0 aliphatic rings. The number of hydrogen-bond donors (Lipinski definition) is 1. The SMILES string of the molecule is O=C(Oc1ccc([N+](=O)[O-])cc1)Oc1cn[nH]n1. The minimum atomic E-state index is -1.02. The molecule has 0 bridgehead atoms. The number of hydrogen-bond acceptors (Lipinski definition) is 7. The summed E-state index contributed by atoms with van der Waals surface area (Å²) in [6, 6.07) is 4.97. The number of aromatic amines is 1. The maximum absolute atomic E-state index is 11.2. The molecule has 0 amide bonds. The van der Waals surface area contributed by atoms with Crippen molar-refractivity contribution in [2.75, 3.05) is 0 Å². The van der Waals surface area contributed by atoms with Crippen LogP contribution in [0.25, 0.3) is 0 Å². The van der Waals surface area contributed by atoms with E-state index in [0.717, 1.165) is 0 Å². The van der Waals surface area contributed by atoms with Crippen molar-refractivity contribution in [3.8, 4) is 11.6 Å². The van der Waals surface area contributed by atoms with E-state index >= 15 is 0 Å². The number of rotatable bonds is 3. The van der Waals surface area contributed by atoms with Crippen molar-refractivity contribution in [2.24, 2.45) is 0 Å². The lowest BCUT2D eigenvalue weighted by molar-refractivity contribution is -0.384. The van der Waals surface area contributed by atoms with Gasteiger partial charge in [-0.05, 0) is 12.1 Å². The minimum Gasteiger partial charge on any atom is -0.395 e. The van der Waals surface area contributed by atoms with Crippen LogP contribution < -0.4 is 9.47 Å². The molecule has 0 radical (unpaired) electrons. The molecule has 2 rings (SSSR count). The molecule has 0 aliphatic carbocycles. The summed E-state index contributed by atoms with van der Waals surface area (Å²) in [5.41, 5.74) is -0.104. The topological polar surface area (TPSA) is 120 Å². The van der Waals surface area contributed by atoms with E-state index in [1.165, 1.54) is 30.5 Å². The highest BCUT2D eigenvalue weighted by atomic mass is 16.7. The van der Waals surface area contributed by atoms with E-state index in [1.807, 2.05) is 0 Å². The van der Waals surface area contributed by atoms with Crippen LogP contribution in [0.4, 0.5) is 10.5 Å². The number of non-ortho nitro benzene ring substituents is 1. The van der Waals surface area contributed by atoms with Gasteiger partial charge in [-0.25, -0.2) is 4.79 Å². The Balaban J connectivity index is 1.97. The molecular formula is C9H6N4O5. The summed E-state index contributed by atoms with van der Waals surface area (Å²) < 4.78 is 9.39. The van der Waals surface area contributed by atoms with Crippen LogP contribution in [0.1, 0.15) is 0 Å². The quantitative estimate of drug-likeness (QED) is 0.377. The van der Waals surface area contributed by atoms with Crippen molar-refractivity contribution in [1.82, 2.24) is 15.4 Å². The average molecular weight is 250 g/mol.